The van der Waals surface area contributed by atoms with Crippen LogP contribution in [-0.4, -0.2) is 33.1 Å². The highest BCUT2D eigenvalue weighted by molar-refractivity contribution is 8.00. The van der Waals surface area contributed by atoms with E-state index in [0.717, 1.165) is 28.2 Å². The second-order valence-corrected chi connectivity index (χ2v) is 8.73. The Hall–Kier alpha value is -2.71. The highest BCUT2D eigenvalue weighted by Crippen LogP contribution is 2.39. The normalized spacial score (nSPS) is 17.8. The van der Waals surface area contributed by atoms with Gasteiger partial charge in [0.1, 0.15) is 16.8 Å². The van der Waals surface area contributed by atoms with Crippen LogP contribution in [0.15, 0.2) is 41.6 Å². The number of thioether (sulfide) groups is 1. The average Bonchev–Trinajstić information content (AvgIpc) is 3.09. The second-order valence-electron chi connectivity index (χ2n) is 7.21. The van der Waals surface area contributed by atoms with E-state index in [4.69, 9.17) is 16.3 Å². The molecule has 0 spiro atoms. The fourth-order valence-corrected chi connectivity index (χ4v) is 4.75. The van der Waals surface area contributed by atoms with Crippen molar-refractivity contribution in [1.82, 2.24) is 14.9 Å². The Balaban J connectivity index is 1.70. The maximum atomic E-state index is 13.4. The summed E-state index contributed by atoms with van der Waals surface area (Å²) in [5, 5.41) is 12.0. The number of anilines is 1. The summed E-state index contributed by atoms with van der Waals surface area (Å²) in [4.78, 5) is 13.4. The summed E-state index contributed by atoms with van der Waals surface area (Å²) in [6.07, 6.45) is 0. The minimum atomic E-state index is -0.481. The van der Waals surface area contributed by atoms with Gasteiger partial charge in [-0.15, -0.1) is 10.2 Å². The van der Waals surface area contributed by atoms with E-state index in [1.807, 2.05) is 51.1 Å². The number of halogens is 1. The van der Waals surface area contributed by atoms with E-state index >= 15 is 0 Å². The van der Waals surface area contributed by atoms with Crippen molar-refractivity contribution in [3.8, 4) is 5.75 Å². The smallest absolute Gasteiger partial charge is 0.240 e. The van der Waals surface area contributed by atoms with Crippen molar-refractivity contribution in [3.05, 3.63) is 63.9 Å². The molecule has 4 rings (SSSR count). The first kappa shape index (κ1) is 20.6. The Kier molecular flexibility index (Phi) is 5.62. The maximum Gasteiger partial charge on any atom is 0.240 e. The van der Waals surface area contributed by atoms with Gasteiger partial charge in [-0.25, -0.2) is 4.68 Å². The fraction of sp³-hybridized carbons (Fsp3) is 0.286. The van der Waals surface area contributed by atoms with E-state index in [1.54, 1.807) is 17.9 Å². The highest BCUT2D eigenvalue weighted by atomic mass is 35.5. The monoisotopic (exact) mass is 443 g/mol. The van der Waals surface area contributed by atoms with E-state index in [1.165, 1.54) is 11.8 Å². The van der Waals surface area contributed by atoms with Crippen molar-refractivity contribution in [3.63, 3.8) is 0 Å². The molecule has 0 saturated carbocycles. The number of fused-ring (bicyclic) bond motifs is 1. The third-order valence-corrected chi connectivity index (χ3v) is 6.55. The summed E-state index contributed by atoms with van der Waals surface area (Å²) in [5.41, 5.74) is 7.14. The Labute approximate surface area is 184 Å². The van der Waals surface area contributed by atoms with Crippen LogP contribution in [0.25, 0.3) is 0 Å². The summed E-state index contributed by atoms with van der Waals surface area (Å²) >= 11 is 7.74. The van der Waals surface area contributed by atoms with E-state index in [0.29, 0.717) is 15.9 Å². The molecule has 0 radical (unpaired) electrons. The van der Waals surface area contributed by atoms with Crippen LogP contribution < -0.4 is 15.5 Å². The summed E-state index contributed by atoms with van der Waals surface area (Å²) in [6.45, 7) is 5.83. The Morgan fingerprint density at radius 3 is 2.73 bits per heavy atom. The zero-order valence-electron chi connectivity index (χ0n) is 17.1. The van der Waals surface area contributed by atoms with Gasteiger partial charge in [-0.2, -0.15) is 0 Å². The van der Waals surface area contributed by atoms with E-state index < -0.39 is 5.25 Å². The first-order valence-corrected chi connectivity index (χ1v) is 10.7. The lowest BCUT2D eigenvalue weighted by molar-refractivity contribution is -0.116. The van der Waals surface area contributed by atoms with Gasteiger partial charge in [0.05, 0.1) is 18.2 Å². The molecule has 0 saturated heterocycles. The van der Waals surface area contributed by atoms with Crippen molar-refractivity contribution >= 4 is 35.0 Å². The predicted molar refractivity (Wildman–Crippen MR) is 119 cm³/mol. The third-order valence-electron chi connectivity index (χ3n) is 5.04. The molecular formula is C21H22ClN5O2S. The molecule has 9 heteroatoms. The van der Waals surface area contributed by atoms with Gasteiger partial charge in [0.2, 0.25) is 11.1 Å². The van der Waals surface area contributed by atoms with E-state index in [2.05, 4.69) is 20.9 Å². The number of amides is 1. The van der Waals surface area contributed by atoms with Gasteiger partial charge in [0.25, 0.3) is 0 Å². The number of carbonyl (C=O) groups excluding carboxylic acids is 1. The largest absolute Gasteiger partial charge is 0.495 e. The number of benzene rings is 2. The third kappa shape index (κ3) is 3.85. The predicted octanol–water partition coefficient (Wildman–Crippen LogP) is 4.26. The van der Waals surface area contributed by atoms with Crippen LogP contribution in [0.5, 0.6) is 5.75 Å². The molecule has 30 heavy (non-hydrogen) atoms. The molecule has 2 N–H and O–H groups in total. The molecule has 0 fully saturated rings. The number of nitrogens with zero attached hydrogens (tertiary/aromatic N) is 3. The van der Waals surface area contributed by atoms with E-state index in [9.17, 15) is 4.79 Å². The van der Waals surface area contributed by atoms with Crippen molar-refractivity contribution in [2.75, 3.05) is 17.9 Å². The zero-order chi connectivity index (χ0) is 21.4. The minimum Gasteiger partial charge on any atom is -0.495 e. The number of aromatic nitrogens is 3. The summed E-state index contributed by atoms with van der Waals surface area (Å²) < 4.78 is 7.07. The van der Waals surface area contributed by atoms with E-state index in [-0.39, 0.29) is 11.9 Å². The molecule has 2 heterocycles. The lowest BCUT2D eigenvalue weighted by Crippen LogP contribution is -2.41. The van der Waals surface area contributed by atoms with Gasteiger partial charge in [-0.3, -0.25) is 4.79 Å². The molecule has 1 aromatic heterocycles. The molecule has 3 aromatic rings. The Morgan fingerprint density at radius 2 is 2.00 bits per heavy atom. The molecule has 156 valence electrons. The lowest BCUT2D eigenvalue weighted by atomic mass is 10.0. The molecule has 1 aliphatic heterocycles. The van der Waals surface area contributed by atoms with Crippen LogP contribution >= 0.6 is 23.4 Å². The first-order chi connectivity index (χ1) is 14.4. The standard InChI is InChI=1S/C21H22ClN5O2S/c1-11-5-6-12(2)16(9-11)23-20(28)19-18(14-7-8-17(29-4)15(22)10-14)26-27-13(3)24-25-21(27)30-19/h5-10,18-19,26H,1-4H3,(H,23,28)/t18-,19-/m0/s1. The van der Waals surface area contributed by atoms with Gasteiger partial charge in [-0.05, 0) is 55.7 Å². The number of carbonyl (C=O) groups is 1. The van der Waals surface area contributed by atoms with Gasteiger partial charge in [0.15, 0.2) is 0 Å². The van der Waals surface area contributed by atoms with Gasteiger partial charge in [-0.1, -0.05) is 41.6 Å². The molecule has 2 atom stereocenters. The number of hydrogen-bond donors (Lipinski definition) is 2. The number of methoxy groups -OCH3 is 1. The zero-order valence-corrected chi connectivity index (χ0v) is 18.6. The van der Waals surface area contributed by atoms with Crippen LogP contribution in [0, 0.1) is 20.8 Å². The SMILES string of the molecule is COc1ccc([C@@H]2Nn3c(C)nnc3S[C@@H]2C(=O)Nc2cc(C)ccc2C)cc1Cl. The summed E-state index contributed by atoms with van der Waals surface area (Å²) in [7, 11) is 1.57. The topological polar surface area (TPSA) is 81.1 Å². The molecular weight excluding hydrogens is 422 g/mol. The van der Waals surface area contributed by atoms with Crippen molar-refractivity contribution in [2.45, 2.75) is 37.2 Å². The van der Waals surface area contributed by atoms with Crippen molar-refractivity contribution in [1.29, 1.82) is 0 Å². The van der Waals surface area contributed by atoms with Crippen LogP contribution in [0.2, 0.25) is 5.02 Å². The number of nitrogens with one attached hydrogen (secondary N) is 2. The Morgan fingerprint density at radius 1 is 1.20 bits per heavy atom. The lowest BCUT2D eigenvalue weighted by Gasteiger charge is -2.33. The molecule has 2 aromatic carbocycles. The summed E-state index contributed by atoms with van der Waals surface area (Å²) in [6, 6.07) is 11.2. The minimum absolute atomic E-state index is 0.120. The fourth-order valence-electron chi connectivity index (χ4n) is 3.36. The van der Waals surface area contributed by atoms with Crippen molar-refractivity contribution < 1.29 is 9.53 Å². The molecule has 7 nitrogen and oxygen atoms in total. The van der Waals surface area contributed by atoms with Crippen LogP contribution in [0.3, 0.4) is 0 Å². The average molecular weight is 444 g/mol. The molecule has 0 aliphatic carbocycles. The van der Waals surface area contributed by atoms with Crippen LogP contribution in [0.4, 0.5) is 5.69 Å². The number of ether oxygens (including phenoxy) is 1. The molecule has 1 amide bonds. The van der Waals surface area contributed by atoms with Gasteiger partial charge < -0.3 is 15.5 Å². The summed E-state index contributed by atoms with van der Waals surface area (Å²) in [5.74, 6) is 1.18. The highest BCUT2D eigenvalue weighted by Gasteiger charge is 2.37. The Bertz CT molecular complexity index is 1120. The van der Waals surface area contributed by atoms with Crippen LogP contribution in [0.1, 0.15) is 28.6 Å². The molecule has 0 unspecified atom stereocenters. The molecule has 0 bridgehead atoms. The maximum absolute atomic E-state index is 13.4. The van der Waals surface area contributed by atoms with Crippen LogP contribution in [-0.2, 0) is 4.79 Å². The van der Waals surface area contributed by atoms with Crippen molar-refractivity contribution in [2.24, 2.45) is 0 Å². The first-order valence-electron chi connectivity index (χ1n) is 9.44. The second kappa shape index (κ2) is 8.20. The quantitative estimate of drug-likeness (QED) is 0.627. The van der Waals surface area contributed by atoms with Gasteiger partial charge >= 0.3 is 0 Å². The number of aryl methyl sites for hydroxylation is 3. The number of hydrogen-bond acceptors (Lipinski definition) is 6. The molecule has 1 aliphatic rings. The number of rotatable bonds is 4. The van der Waals surface area contributed by atoms with Gasteiger partial charge in [0, 0.05) is 5.69 Å².